The molecule has 0 aliphatic rings. The van der Waals surface area contributed by atoms with Gasteiger partial charge in [-0.15, -0.1) is 22.7 Å². The van der Waals surface area contributed by atoms with Crippen LogP contribution < -0.4 is 5.73 Å². The fourth-order valence-electron chi connectivity index (χ4n) is 2.49. The summed E-state index contributed by atoms with van der Waals surface area (Å²) in [5, 5.41) is 4.79. The Hall–Kier alpha value is -1.59. The van der Waals surface area contributed by atoms with E-state index >= 15 is 0 Å². The molecule has 2 N–H and O–H groups in total. The minimum Gasteiger partial charge on any atom is -0.375 e. The van der Waals surface area contributed by atoms with E-state index in [4.69, 9.17) is 5.73 Å². The number of thiazole rings is 1. The molecule has 5 heteroatoms. The lowest BCUT2D eigenvalue weighted by Crippen LogP contribution is -2.04. The van der Waals surface area contributed by atoms with Crippen LogP contribution in [0.4, 0.5) is 5.13 Å². The Morgan fingerprint density at radius 1 is 1.30 bits per heavy atom. The van der Waals surface area contributed by atoms with E-state index in [9.17, 15) is 0 Å². The van der Waals surface area contributed by atoms with Crippen molar-refractivity contribution in [2.45, 2.75) is 26.8 Å². The van der Waals surface area contributed by atoms with Crippen LogP contribution in [-0.2, 0) is 13.0 Å². The largest absolute Gasteiger partial charge is 0.375 e. The fourth-order valence-corrected chi connectivity index (χ4v) is 3.75. The third kappa shape index (κ3) is 2.51. The van der Waals surface area contributed by atoms with E-state index in [0.29, 0.717) is 5.13 Å². The zero-order valence-electron chi connectivity index (χ0n) is 11.6. The van der Waals surface area contributed by atoms with Crippen LogP contribution in [0.3, 0.4) is 0 Å². The molecule has 0 saturated heterocycles. The van der Waals surface area contributed by atoms with Gasteiger partial charge in [0.15, 0.2) is 5.13 Å². The van der Waals surface area contributed by atoms with Crippen LogP contribution in [0.5, 0.6) is 0 Å². The number of anilines is 1. The van der Waals surface area contributed by atoms with Crippen molar-refractivity contribution in [3.8, 4) is 11.3 Å². The topological polar surface area (TPSA) is 43.8 Å². The number of aryl methyl sites for hydroxylation is 2. The average Bonchev–Trinajstić information content (AvgIpc) is 3.11. The summed E-state index contributed by atoms with van der Waals surface area (Å²) in [4.78, 5) is 5.82. The highest BCUT2D eigenvalue weighted by atomic mass is 32.1. The van der Waals surface area contributed by atoms with Gasteiger partial charge in [0, 0.05) is 33.8 Å². The molecule has 20 heavy (non-hydrogen) atoms. The van der Waals surface area contributed by atoms with Gasteiger partial charge in [0.05, 0.1) is 5.69 Å². The van der Waals surface area contributed by atoms with Crippen LogP contribution in [0.15, 0.2) is 29.0 Å². The van der Waals surface area contributed by atoms with E-state index in [1.807, 2.05) is 16.7 Å². The number of nitrogens with two attached hydrogens (primary N) is 1. The average molecular weight is 303 g/mol. The highest BCUT2D eigenvalue weighted by Gasteiger charge is 2.13. The summed E-state index contributed by atoms with van der Waals surface area (Å²) >= 11 is 3.31. The molecule has 0 fully saturated rings. The van der Waals surface area contributed by atoms with Crippen molar-refractivity contribution in [1.29, 1.82) is 0 Å². The van der Waals surface area contributed by atoms with Gasteiger partial charge in [0.2, 0.25) is 0 Å². The lowest BCUT2D eigenvalue weighted by atomic mass is 10.2. The van der Waals surface area contributed by atoms with Crippen LogP contribution in [0, 0.1) is 13.8 Å². The van der Waals surface area contributed by atoms with Crippen molar-refractivity contribution in [3.63, 3.8) is 0 Å². The Balaban J connectivity index is 1.87. The third-order valence-corrected chi connectivity index (χ3v) is 5.14. The molecule has 0 radical (unpaired) electrons. The van der Waals surface area contributed by atoms with Crippen LogP contribution in [0.1, 0.15) is 16.3 Å². The zero-order valence-corrected chi connectivity index (χ0v) is 13.2. The van der Waals surface area contributed by atoms with Crippen molar-refractivity contribution in [2.24, 2.45) is 0 Å². The van der Waals surface area contributed by atoms with Gasteiger partial charge in [-0.2, -0.15) is 0 Å². The van der Waals surface area contributed by atoms with Gasteiger partial charge in [0.1, 0.15) is 0 Å². The number of thiophene rings is 1. The van der Waals surface area contributed by atoms with Crippen molar-refractivity contribution < 1.29 is 0 Å². The number of rotatable bonds is 4. The zero-order chi connectivity index (χ0) is 14.1. The molecule has 3 heterocycles. The van der Waals surface area contributed by atoms with Crippen LogP contribution in [0.25, 0.3) is 11.3 Å². The fraction of sp³-hybridized carbons (Fsp3) is 0.267. The summed E-state index contributed by atoms with van der Waals surface area (Å²) < 4.78 is 2.37. The SMILES string of the molecule is Cc1cc(-c2csc(N)n2)c(C)n1CCc1cccs1. The molecular formula is C15H17N3S2. The summed E-state index contributed by atoms with van der Waals surface area (Å²) in [6, 6.07) is 6.51. The first-order valence-corrected chi connectivity index (χ1v) is 8.31. The lowest BCUT2D eigenvalue weighted by molar-refractivity contribution is 0.669. The number of hydrogen-bond donors (Lipinski definition) is 1. The van der Waals surface area contributed by atoms with Gasteiger partial charge < -0.3 is 10.3 Å². The summed E-state index contributed by atoms with van der Waals surface area (Å²) in [6.07, 6.45) is 1.08. The normalized spacial score (nSPS) is 11.1. The maximum Gasteiger partial charge on any atom is 0.180 e. The maximum atomic E-state index is 5.74. The number of nitrogens with zero attached hydrogens (tertiary/aromatic N) is 2. The molecule has 0 aliphatic heterocycles. The van der Waals surface area contributed by atoms with Crippen LogP contribution >= 0.6 is 22.7 Å². The van der Waals surface area contributed by atoms with E-state index in [1.54, 1.807) is 0 Å². The molecule has 0 aliphatic carbocycles. The van der Waals surface area contributed by atoms with Crippen molar-refractivity contribution in [3.05, 3.63) is 45.2 Å². The minimum absolute atomic E-state index is 0.628. The maximum absolute atomic E-state index is 5.74. The van der Waals surface area contributed by atoms with Crippen LogP contribution in [0.2, 0.25) is 0 Å². The molecule has 104 valence electrons. The van der Waals surface area contributed by atoms with E-state index in [2.05, 4.69) is 47.0 Å². The quantitative estimate of drug-likeness (QED) is 0.788. The Labute approximate surface area is 126 Å². The Kier molecular flexibility index (Phi) is 3.63. The van der Waals surface area contributed by atoms with Crippen molar-refractivity contribution >= 4 is 27.8 Å². The summed E-state index contributed by atoms with van der Waals surface area (Å²) in [7, 11) is 0. The molecular weight excluding hydrogens is 286 g/mol. The molecule has 0 atom stereocenters. The third-order valence-electron chi connectivity index (χ3n) is 3.53. The predicted octanol–water partition coefficient (Wildman–Crippen LogP) is 4.11. The van der Waals surface area contributed by atoms with Crippen molar-refractivity contribution in [1.82, 2.24) is 9.55 Å². The summed E-state index contributed by atoms with van der Waals surface area (Å²) in [6.45, 7) is 5.32. The second-order valence-electron chi connectivity index (χ2n) is 4.84. The number of aromatic nitrogens is 2. The summed E-state index contributed by atoms with van der Waals surface area (Å²) in [5.41, 5.74) is 10.5. The molecule has 0 bridgehead atoms. The second kappa shape index (κ2) is 5.42. The second-order valence-corrected chi connectivity index (χ2v) is 6.76. The standard InChI is InChI=1S/C15H17N3S2/c1-10-8-13(14-9-20-15(16)17-14)11(2)18(10)6-5-12-4-3-7-19-12/h3-4,7-9H,5-6H2,1-2H3,(H2,16,17). The minimum atomic E-state index is 0.628. The summed E-state index contributed by atoms with van der Waals surface area (Å²) in [5.74, 6) is 0. The molecule has 0 spiro atoms. The Morgan fingerprint density at radius 2 is 2.15 bits per heavy atom. The lowest BCUT2D eigenvalue weighted by Gasteiger charge is -2.08. The smallest absolute Gasteiger partial charge is 0.180 e. The van der Waals surface area contributed by atoms with E-state index in [-0.39, 0.29) is 0 Å². The first-order chi connectivity index (χ1) is 9.65. The van der Waals surface area contributed by atoms with E-state index in [0.717, 1.165) is 18.7 Å². The highest BCUT2D eigenvalue weighted by Crippen LogP contribution is 2.29. The van der Waals surface area contributed by atoms with Crippen LogP contribution in [-0.4, -0.2) is 9.55 Å². The molecule has 3 rings (SSSR count). The van der Waals surface area contributed by atoms with Crippen molar-refractivity contribution in [2.75, 3.05) is 5.73 Å². The van der Waals surface area contributed by atoms with Gasteiger partial charge in [-0.1, -0.05) is 6.07 Å². The predicted molar refractivity (Wildman–Crippen MR) is 87.4 cm³/mol. The van der Waals surface area contributed by atoms with Gasteiger partial charge >= 0.3 is 0 Å². The first kappa shape index (κ1) is 13.4. The van der Waals surface area contributed by atoms with E-state index in [1.165, 1.54) is 33.2 Å². The number of nitrogen functional groups attached to an aromatic ring is 1. The van der Waals surface area contributed by atoms with Gasteiger partial charge in [-0.3, -0.25) is 0 Å². The number of hydrogen-bond acceptors (Lipinski definition) is 4. The van der Waals surface area contributed by atoms with E-state index < -0.39 is 0 Å². The van der Waals surface area contributed by atoms with Gasteiger partial charge in [0.25, 0.3) is 0 Å². The Bertz CT molecular complexity index is 708. The molecule has 3 nitrogen and oxygen atoms in total. The molecule has 3 aromatic rings. The Morgan fingerprint density at radius 3 is 2.80 bits per heavy atom. The van der Waals surface area contributed by atoms with Gasteiger partial charge in [-0.25, -0.2) is 4.98 Å². The molecule has 3 aromatic heterocycles. The molecule has 0 saturated carbocycles. The van der Waals surface area contributed by atoms with Gasteiger partial charge in [-0.05, 0) is 37.8 Å². The molecule has 0 aromatic carbocycles. The first-order valence-electron chi connectivity index (χ1n) is 6.55. The highest BCUT2D eigenvalue weighted by molar-refractivity contribution is 7.13. The molecule has 0 unspecified atom stereocenters. The molecule has 0 amide bonds. The monoisotopic (exact) mass is 303 g/mol.